The first-order valence-electron chi connectivity index (χ1n) is 6.79. The van der Waals surface area contributed by atoms with Crippen molar-refractivity contribution in [3.05, 3.63) is 39.9 Å². The fourth-order valence-electron chi connectivity index (χ4n) is 2.62. The number of rotatable bonds is 3. The van der Waals surface area contributed by atoms with E-state index in [9.17, 15) is 19.7 Å². The lowest BCUT2D eigenvalue weighted by atomic mass is 9.74. The average Bonchev–Trinajstić information content (AvgIpc) is 2.45. The van der Waals surface area contributed by atoms with Crippen molar-refractivity contribution >= 4 is 17.4 Å². The second-order valence-electron chi connectivity index (χ2n) is 5.65. The zero-order valence-electron chi connectivity index (χ0n) is 12.2. The van der Waals surface area contributed by atoms with Gasteiger partial charge in [0.2, 0.25) is 0 Å². The molecule has 0 aliphatic carbocycles. The predicted molar refractivity (Wildman–Crippen MR) is 74.5 cm³/mol. The van der Waals surface area contributed by atoms with Gasteiger partial charge in [0.1, 0.15) is 11.5 Å². The Labute approximate surface area is 122 Å². The standard InChI is InChI=1S/C15H17NO5/c1-4-9-12(21-14(18)15(2,3)13(9)17)10-7-5-6-8-11(10)16(19)20/h5-9,12H,4H2,1-3H3/t9-,12-/m0/s1. The SMILES string of the molecule is CC[C@@H]1C(=O)C(C)(C)C(=O)O[C@@H]1c1ccccc1[N+](=O)[O-]. The molecule has 0 unspecified atom stereocenters. The summed E-state index contributed by atoms with van der Waals surface area (Å²) in [7, 11) is 0. The van der Waals surface area contributed by atoms with Crippen LogP contribution in [0.3, 0.4) is 0 Å². The highest BCUT2D eigenvalue weighted by atomic mass is 16.6. The zero-order chi connectivity index (χ0) is 15.8. The third-order valence-corrected chi connectivity index (χ3v) is 3.94. The van der Waals surface area contributed by atoms with Crippen molar-refractivity contribution in [2.45, 2.75) is 33.3 Å². The number of cyclic esters (lactones) is 1. The molecule has 6 heteroatoms. The summed E-state index contributed by atoms with van der Waals surface area (Å²) in [5.41, 5.74) is -1.08. The number of para-hydroxylation sites is 1. The topological polar surface area (TPSA) is 86.5 Å². The number of nitrogens with zero attached hydrogens (tertiary/aromatic N) is 1. The molecule has 1 saturated heterocycles. The summed E-state index contributed by atoms with van der Waals surface area (Å²) < 4.78 is 5.39. The van der Waals surface area contributed by atoms with Crippen LogP contribution < -0.4 is 0 Å². The quantitative estimate of drug-likeness (QED) is 0.370. The van der Waals surface area contributed by atoms with Gasteiger partial charge in [-0.3, -0.25) is 19.7 Å². The normalized spacial score (nSPS) is 24.5. The molecule has 0 bridgehead atoms. The van der Waals surface area contributed by atoms with Crippen LogP contribution in [0.5, 0.6) is 0 Å². The van der Waals surface area contributed by atoms with E-state index in [0.717, 1.165) is 0 Å². The van der Waals surface area contributed by atoms with Crippen LogP contribution in [0.4, 0.5) is 5.69 Å². The van der Waals surface area contributed by atoms with E-state index >= 15 is 0 Å². The highest BCUT2D eigenvalue weighted by molar-refractivity contribution is 6.06. The number of Topliss-reactive ketones (excluding diaryl/α,β-unsaturated/α-hetero) is 1. The molecule has 2 atom stereocenters. The molecule has 0 amide bonds. The molecular weight excluding hydrogens is 274 g/mol. The minimum atomic E-state index is -1.21. The van der Waals surface area contributed by atoms with E-state index in [1.807, 2.05) is 0 Å². The van der Waals surface area contributed by atoms with Crippen molar-refractivity contribution in [2.75, 3.05) is 0 Å². The third kappa shape index (κ3) is 2.41. The maximum absolute atomic E-state index is 12.5. The molecular formula is C15H17NO5. The molecule has 2 rings (SSSR count). The molecule has 1 heterocycles. The van der Waals surface area contributed by atoms with Gasteiger partial charge in [-0.05, 0) is 26.3 Å². The van der Waals surface area contributed by atoms with Crippen LogP contribution in [0.25, 0.3) is 0 Å². The van der Waals surface area contributed by atoms with Crippen LogP contribution in [0.15, 0.2) is 24.3 Å². The third-order valence-electron chi connectivity index (χ3n) is 3.94. The first kappa shape index (κ1) is 15.2. The van der Waals surface area contributed by atoms with Gasteiger partial charge in [-0.25, -0.2) is 0 Å². The second kappa shape index (κ2) is 5.27. The molecule has 6 nitrogen and oxygen atoms in total. The van der Waals surface area contributed by atoms with Gasteiger partial charge in [0.15, 0.2) is 5.78 Å². The van der Waals surface area contributed by atoms with Gasteiger partial charge in [0.05, 0.1) is 16.4 Å². The summed E-state index contributed by atoms with van der Waals surface area (Å²) in [6.07, 6.45) is -0.448. The number of nitro groups is 1. The summed E-state index contributed by atoms with van der Waals surface area (Å²) >= 11 is 0. The summed E-state index contributed by atoms with van der Waals surface area (Å²) in [5.74, 6) is -1.44. The van der Waals surface area contributed by atoms with Gasteiger partial charge < -0.3 is 4.74 Å². The van der Waals surface area contributed by atoms with E-state index in [0.29, 0.717) is 6.42 Å². The lowest BCUT2D eigenvalue weighted by Gasteiger charge is -2.37. The number of carbonyl (C=O) groups is 2. The number of hydrogen-bond donors (Lipinski definition) is 0. The Bertz CT molecular complexity index is 608. The monoisotopic (exact) mass is 291 g/mol. The van der Waals surface area contributed by atoms with Crippen molar-refractivity contribution in [3.8, 4) is 0 Å². The molecule has 1 aliphatic rings. The Hall–Kier alpha value is -2.24. The first-order valence-corrected chi connectivity index (χ1v) is 6.79. The van der Waals surface area contributed by atoms with Crippen LogP contribution in [-0.2, 0) is 14.3 Å². The van der Waals surface area contributed by atoms with E-state index in [1.165, 1.54) is 26.0 Å². The number of benzene rings is 1. The smallest absolute Gasteiger partial charge is 0.319 e. The zero-order valence-corrected chi connectivity index (χ0v) is 12.2. The van der Waals surface area contributed by atoms with Crippen LogP contribution >= 0.6 is 0 Å². The fraction of sp³-hybridized carbons (Fsp3) is 0.467. The minimum absolute atomic E-state index is 0.138. The van der Waals surface area contributed by atoms with Crippen molar-refractivity contribution in [1.82, 2.24) is 0 Å². The van der Waals surface area contributed by atoms with E-state index in [1.54, 1.807) is 19.1 Å². The summed E-state index contributed by atoms with van der Waals surface area (Å²) in [5, 5.41) is 11.1. The van der Waals surface area contributed by atoms with Crippen molar-refractivity contribution in [2.24, 2.45) is 11.3 Å². The Balaban J connectivity index is 2.51. The molecule has 1 aromatic rings. The summed E-state index contributed by atoms with van der Waals surface area (Å²) in [6, 6.07) is 6.05. The van der Waals surface area contributed by atoms with Gasteiger partial charge in [0.25, 0.3) is 5.69 Å². The molecule has 0 spiro atoms. The number of hydrogen-bond acceptors (Lipinski definition) is 5. The number of ketones is 1. The maximum Gasteiger partial charge on any atom is 0.319 e. The Morgan fingerprint density at radius 3 is 2.48 bits per heavy atom. The molecule has 1 aliphatic heterocycles. The van der Waals surface area contributed by atoms with Gasteiger partial charge >= 0.3 is 5.97 Å². The second-order valence-corrected chi connectivity index (χ2v) is 5.65. The predicted octanol–water partition coefficient (Wildman–Crippen LogP) is 2.81. The van der Waals surface area contributed by atoms with Crippen molar-refractivity contribution in [3.63, 3.8) is 0 Å². The van der Waals surface area contributed by atoms with Gasteiger partial charge in [-0.15, -0.1) is 0 Å². The molecule has 0 saturated carbocycles. The number of nitro benzene ring substituents is 1. The van der Waals surface area contributed by atoms with Gasteiger partial charge in [0, 0.05) is 6.07 Å². The number of carbonyl (C=O) groups excluding carboxylic acids is 2. The van der Waals surface area contributed by atoms with Crippen LogP contribution in [-0.4, -0.2) is 16.7 Å². The lowest BCUT2D eigenvalue weighted by molar-refractivity contribution is -0.386. The van der Waals surface area contributed by atoms with Crippen LogP contribution in [0.1, 0.15) is 38.9 Å². The Kier molecular flexibility index (Phi) is 3.80. The van der Waals surface area contributed by atoms with E-state index in [4.69, 9.17) is 4.74 Å². The Morgan fingerprint density at radius 2 is 1.90 bits per heavy atom. The molecule has 0 radical (unpaired) electrons. The van der Waals surface area contributed by atoms with E-state index in [2.05, 4.69) is 0 Å². The Morgan fingerprint density at radius 1 is 1.29 bits per heavy atom. The molecule has 21 heavy (non-hydrogen) atoms. The molecule has 1 fully saturated rings. The number of ether oxygens (including phenoxy) is 1. The van der Waals surface area contributed by atoms with Gasteiger partial charge in [-0.2, -0.15) is 0 Å². The van der Waals surface area contributed by atoms with E-state index < -0.39 is 28.3 Å². The van der Waals surface area contributed by atoms with Crippen molar-refractivity contribution < 1.29 is 19.2 Å². The molecule has 1 aromatic carbocycles. The fourth-order valence-corrected chi connectivity index (χ4v) is 2.62. The van der Waals surface area contributed by atoms with Crippen LogP contribution in [0.2, 0.25) is 0 Å². The minimum Gasteiger partial charge on any atom is -0.456 e. The van der Waals surface area contributed by atoms with Crippen molar-refractivity contribution in [1.29, 1.82) is 0 Å². The lowest BCUT2D eigenvalue weighted by Crippen LogP contribution is -2.47. The van der Waals surface area contributed by atoms with Gasteiger partial charge in [-0.1, -0.05) is 19.1 Å². The maximum atomic E-state index is 12.5. The highest BCUT2D eigenvalue weighted by Crippen LogP contribution is 2.43. The highest BCUT2D eigenvalue weighted by Gasteiger charge is 2.51. The first-order chi connectivity index (χ1) is 9.80. The largest absolute Gasteiger partial charge is 0.456 e. The average molecular weight is 291 g/mol. The van der Waals surface area contributed by atoms with E-state index in [-0.39, 0.29) is 17.0 Å². The summed E-state index contributed by atoms with van der Waals surface area (Å²) in [6.45, 7) is 4.85. The van der Waals surface area contributed by atoms with Crippen LogP contribution in [0, 0.1) is 21.4 Å². The molecule has 0 N–H and O–H groups in total. The molecule has 0 aromatic heterocycles. The summed E-state index contributed by atoms with van der Waals surface area (Å²) in [4.78, 5) is 35.1. The molecule has 112 valence electrons. The number of esters is 1.